The van der Waals surface area contributed by atoms with Crippen LogP contribution in [-0.2, 0) is 12.4 Å². The van der Waals surface area contributed by atoms with Crippen molar-refractivity contribution in [3.8, 4) is 0 Å². The van der Waals surface area contributed by atoms with Gasteiger partial charge in [0.25, 0.3) is 0 Å². The highest BCUT2D eigenvalue weighted by Gasteiger charge is 2.20. The summed E-state index contributed by atoms with van der Waals surface area (Å²) in [6.45, 7) is 0.965. The van der Waals surface area contributed by atoms with Crippen LogP contribution in [0.5, 0.6) is 0 Å². The molecule has 1 aliphatic heterocycles. The Bertz CT molecular complexity index is 310. The molecule has 1 fully saturated rings. The summed E-state index contributed by atoms with van der Waals surface area (Å²) in [5, 5.41) is 3.24. The van der Waals surface area contributed by atoms with Gasteiger partial charge in [0.1, 0.15) is 5.01 Å². The lowest BCUT2D eigenvalue weighted by atomic mass is 10.2. The fourth-order valence-electron chi connectivity index (χ4n) is 1.70. The summed E-state index contributed by atoms with van der Waals surface area (Å²) >= 11 is 9.50. The molecule has 5 heteroatoms. The van der Waals surface area contributed by atoms with E-state index in [1.807, 2.05) is 0 Å². The molecular weight excluding hydrogens is 248 g/mol. The number of nitrogens with zero attached hydrogens (tertiary/aromatic N) is 2. The van der Waals surface area contributed by atoms with Gasteiger partial charge in [0.15, 0.2) is 0 Å². The van der Waals surface area contributed by atoms with E-state index in [0.29, 0.717) is 5.88 Å². The molecule has 2 nitrogen and oxygen atoms in total. The van der Waals surface area contributed by atoms with Crippen molar-refractivity contribution in [1.82, 2.24) is 9.88 Å². The molecule has 0 spiro atoms. The molecule has 0 bridgehead atoms. The Morgan fingerprint density at radius 2 is 2.53 bits per heavy atom. The molecular formula is C10H15ClN2S2. The van der Waals surface area contributed by atoms with E-state index in [4.69, 9.17) is 11.6 Å². The van der Waals surface area contributed by atoms with Gasteiger partial charge in [-0.25, -0.2) is 4.98 Å². The van der Waals surface area contributed by atoms with Crippen molar-refractivity contribution >= 4 is 34.7 Å². The highest BCUT2D eigenvalue weighted by atomic mass is 35.5. The Hall–Kier alpha value is 0.230. The largest absolute Gasteiger partial charge is 0.296 e. The average molecular weight is 263 g/mol. The Kier molecular flexibility index (Phi) is 4.31. The zero-order valence-corrected chi connectivity index (χ0v) is 11.2. The van der Waals surface area contributed by atoms with Crippen molar-refractivity contribution in [3.63, 3.8) is 0 Å². The van der Waals surface area contributed by atoms with Gasteiger partial charge >= 0.3 is 0 Å². The molecule has 1 unspecified atom stereocenters. The van der Waals surface area contributed by atoms with E-state index in [1.165, 1.54) is 22.9 Å². The fourth-order valence-corrected chi connectivity index (χ4v) is 4.08. The van der Waals surface area contributed by atoms with Gasteiger partial charge in [0.05, 0.1) is 18.1 Å². The van der Waals surface area contributed by atoms with Gasteiger partial charge in [-0.3, -0.25) is 4.90 Å². The summed E-state index contributed by atoms with van der Waals surface area (Å²) < 4.78 is 0. The molecule has 15 heavy (non-hydrogen) atoms. The van der Waals surface area contributed by atoms with Gasteiger partial charge in [-0.2, -0.15) is 11.8 Å². The second-order valence-electron chi connectivity index (χ2n) is 3.80. The summed E-state index contributed by atoms with van der Waals surface area (Å²) in [6, 6.07) is 0.735. The van der Waals surface area contributed by atoms with Crippen LogP contribution >= 0.6 is 34.7 Å². The van der Waals surface area contributed by atoms with Crippen molar-refractivity contribution in [3.05, 3.63) is 16.1 Å². The van der Waals surface area contributed by atoms with Crippen LogP contribution < -0.4 is 0 Å². The van der Waals surface area contributed by atoms with Crippen LogP contribution in [0.2, 0.25) is 0 Å². The van der Waals surface area contributed by atoms with E-state index >= 15 is 0 Å². The number of rotatable bonds is 4. The van der Waals surface area contributed by atoms with Crippen LogP contribution in [0.15, 0.2) is 5.38 Å². The molecule has 2 heterocycles. The van der Waals surface area contributed by atoms with Crippen molar-refractivity contribution in [2.75, 3.05) is 18.6 Å². The number of thioether (sulfide) groups is 1. The summed E-state index contributed by atoms with van der Waals surface area (Å²) in [5.41, 5.74) is 1.01. The van der Waals surface area contributed by atoms with Crippen LogP contribution in [0.1, 0.15) is 17.1 Å². The maximum Gasteiger partial charge on any atom is 0.107 e. The van der Waals surface area contributed by atoms with E-state index < -0.39 is 0 Å². The van der Waals surface area contributed by atoms with E-state index in [-0.39, 0.29) is 0 Å². The number of hydrogen-bond acceptors (Lipinski definition) is 4. The monoisotopic (exact) mass is 262 g/mol. The summed E-state index contributed by atoms with van der Waals surface area (Å²) in [7, 11) is 2.19. The summed E-state index contributed by atoms with van der Waals surface area (Å²) in [6.07, 6.45) is 1.31. The molecule has 0 saturated carbocycles. The molecule has 1 aromatic heterocycles. The average Bonchev–Trinajstić information content (AvgIpc) is 2.87. The minimum absolute atomic E-state index is 0.527. The molecule has 1 saturated heterocycles. The van der Waals surface area contributed by atoms with Crippen LogP contribution in [0.25, 0.3) is 0 Å². The zero-order valence-electron chi connectivity index (χ0n) is 8.78. The van der Waals surface area contributed by atoms with Gasteiger partial charge in [-0.05, 0) is 19.2 Å². The maximum absolute atomic E-state index is 5.73. The van der Waals surface area contributed by atoms with Crippen molar-refractivity contribution in [1.29, 1.82) is 0 Å². The molecule has 0 aliphatic carbocycles. The topological polar surface area (TPSA) is 16.1 Å². The molecule has 0 aromatic carbocycles. The second kappa shape index (κ2) is 5.53. The fraction of sp³-hybridized carbons (Fsp3) is 0.700. The number of hydrogen-bond donors (Lipinski definition) is 0. The third-order valence-electron chi connectivity index (χ3n) is 2.65. The lowest BCUT2D eigenvalue weighted by Crippen LogP contribution is -2.30. The quantitative estimate of drug-likeness (QED) is 0.777. The smallest absolute Gasteiger partial charge is 0.107 e. The first-order valence-electron chi connectivity index (χ1n) is 5.07. The first-order valence-corrected chi connectivity index (χ1v) is 7.63. The van der Waals surface area contributed by atoms with Gasteiger partial charge < -0.3 is 0 Å². The van der Waals surface area contributed by atoms with Gasteiger partial charge in [0, 0.05) is 17.2 Å². The molecule has 0 amide bonds. The van der Waals surface area contributed by atoms with E-state index in [2.05, 4.69) is 34.1 Å². The standard InChI is InChI=1S/C10H15ClN2S2/c1-13(9-2-3-14-7-9)5-10-12-8(4-11)6-15-10/h6,9H,2-5,7H2,1H3. The first kappa shape index (κ1) is 11.7. The maximum atomic E-state index is 5.73. The van der Waals surface area contributed by atoms with Crippen molar-refractivity contribution in [2.45, 2.75) is 24.9 Å². The van der Waals surface area contributed by atoms with E-state index in [9.17, 15) is 0 Å². The predicted octanol–water partition coefficient (Wildman–Crippen LogP) is 2.82. The molecule has 1 aromatic rings. The first-order chi connectivity index (χ1) is 7.29. The third kappa shape index (κ3) is 3.09. The highest BCUT2D eigenvalue weighted by Crippen LogP contribution is 2.23. The van der Waals surface area contributed by atoms with Gasteiger partial charge in [-0.15, -0.1) is 22.9 Å². The number of alkyl halides is 1. The molecule has 0 radical (unpaired) electrons. The van der Waals surface area contributed by atoms with E-state index in [0.717, 1.165) is 18.3 Å². The van der Waals surface area contributed by atoms with Crippen LogP contribution in [0.4, 0.5) is 0 Å². The molecule has 1 atom stereocenters. The Morgan fingerprint density at radius 1 is 1.67 bits per heavy atom. The zero-order chi connectivity index (χ0) is 10.7. The minimum atomic E-state index is 0.527. The number of aromatic nitrogens is 1. The number of thiazole rings is 1. The Balaban J connectivity index is 1.89. The van der Waals surface area contributed by atoms with Crippen LogP contribution in [0, 0.1) is 0 Å². The molecule has 0 N–H and O–H groups in total. The minimum Gasteiger partial charge on any atom is -0.296 e. The van der Waals surface area contributed by atoms with Crippen LogP contribution in [-0.4, -0.2) is 34.5 Å². The SMILES string of the molecule is CN(Cc1nc(CCl)cs1)C1CCSC1. The van der Waals surface area contributed by atoms with Crippen molar-refractivity contribution in [2.24, 2.45) is 0 Å². The number of halogens is 1. The van der Waals surface area contributed by atoms with Crippen molar-refractivity contribution < 1.29 is 0 Å². The lowest BCUT2D eigenvalue weighted by Gasteiger charge is -2.21. The highest BCUT2D eigenvalue weighted by molar-refractivity contribution is 7.99. The molecule has 2 rings (SSSR count). The summed E-state index contributed by atoms with van der Waals surface area (Å²) in [4.78, 5) is 6.89. The van der Waals surface area contributed by atoms with Gasteiger partial charge in [0.2, 0.25) is 0 Å². The lowest BCUT2D eigenvalue weighted by molar-refractivity contribution is 0.254. The Morgan fingerprint density at radius 3 is 3.13 bits per heavy atom. The molecule has 84 valence electrons. The van der Waals surface area contributed by atoms with E-state index in [1.54, 1.807) is 11.3 Å². The van der Waals surface area contributed by atoms with Gasteiger partial charge in [-0.1, -0.05) is 0 Å². The third-order valence-corrected chi connectivity index (χ3v) is 4.95. The van der Waals surface area contributed by atoms with Crippen LogP contribution in [0.3, 0.4) is 0 Å². The second-order valence-corrected chi connectivity index (χ2v) is 6.16. The normalized spacial score (nSPS) is 21.4. The summed E-state index contributed by atoms with van der Waals surface area (Å²) in [5.74, 6) is 3.10. The predicted molar refractivity (Wildman–Crippen MR) is 68.9 cm³/mol. The Labute approximate surface area is 104 Å². The molecule has 1 aliphatic rings.